The predicted molar refractivity (Wildman–Crippen MR) is 125 cm³/mol. The maximum Gasteiger partial charge on any atom is 0.312 e. The lowest BCUT2D eigenvalue weighted by atomic mass is 9.93. The topological polar surface area (TPSA) is 94.4 Å². The van der Waals surface area contributed by atoms with Crippen molar-refractivity contribution in [3.8, 4) is 0 Å². The zero-order chi connectivity index (χ0) is 22.1. The third-order valence-corrected chi connectivity index (χ3v) is 10.2. The van der Waals surface area contributed by atoms with Crippen LogP contribution in [0.25, 0.3) is 0 Å². The summed E-state index contributed by atoms with van der Waals surface area (Å²) in [5, 5.41) is 8.01. The van der Waals surface area contributed by atoms with Gasteiger partial charge >= 0.3 is 5.97 Å². The molecule has 2 atom stereocenters. The molecule has 8 nitrogen and oxygen atoms in total. The molecule has 0 saturated carbocycles. The van der Waals surface area contributed by atoms with Crippen molar-refractivity contribution in [2.75, 3.05) is 12.9 Å². The molecule has 1 aliphatic rings. The molecule has 164 valence electrons. The zero-order valence-electron chi connectivity index (χ0n) is 17.6. The number of rotatable bonds is 6. The molecule has 0 saturated heterocycles. The van der Waals surface area contributed by atoms with Crippen molar-refractivity contribution < 1.29 is 17.9 Å². The molecule has 0 unspecified atom stereocenters. The van der Waals surface area contributed by atoms with Crippen molar-refractivity contribution in [3.63, 3.8) is 0 Å². The van der Waals surface area contributed by atoms with Crippen LogP contribution in [0.4, 0.5) is 0 Å². The van der Waals surface area contributed by atoms with Crippen LogP contribution in [0.5, 0.6) is 0 Å². The second-order valence-corrected chi connectivity index (χ2v) is 17.5. The first-order valence-corrected chi connectivity index (χ1v) is 16.1. The van der Waals surface area contributed by atoms with Gasteiger partial charge in [0.15, 0.2) is 0 Å². The molecule has 0 spiro atoms. The summed E-state index contributed by atoms with van der Waals surface area (Å²) >= 11 is 2.19. The highest BCUT2D eigenvalue weighted by molar-refractivity contribution is 14.1. The van der Waals surface area contributed by atoms with E-state index in [1.807, 2.05) is 24.3 Å². The van der Waals surface area contributed by atoms with Crippen molar-refractivity contribution in [2.24, 2.45) is 5.92 Å². The minimum absolute atomic E-state index is 0.0537. The molecule has 11 heteroatoms. The van der Waals surface area contributed by atoms with E-state index in [1.165, 1.54) is 11.4 Å². The maximum atomic E-state index is 13.6. The zero-order valence-corrected chi connectivity index (χ0v) is 21.6. The summed E-state index contributed by atoms with van der Waals surface area (Å²) in [6, 6.07) is 7.53. The first-order valence-electron chi connectivity index (χ1n) is 9.72. The summed E-state index contributed by atoms with van der Waals surface area (Å²) in [6.45, 7) is 6.78. The Morgan fingerprint density at radius 1 is 1.30 bits per heavy atom. The normalized spacial score (nSPS) is 20.4. The van der Waals surface area contributed by atoms with Crippen LogP contribution >= 0.6 is 22.6 Å². The van der Waals surface area contributed by atoms with Crippen LogP contribution in [0.15, 0.2) is 30.5 Å². The Hall–Kier alpha value is -1.31. The number of hydrogen-bond acceptors (Lipinski definition) is 6. The number of esters is 1. The molecule has 0 aliphatic carbocycles. The number of ether oxygens (including phenoxy) is 1. The largest absolute Gasteiger partial charge is 0.469 e. The van der Waals surface area contributed by atoms with E-state index in [0.717, 1.165) is 9.13 Å². The fraction of sp³-hybridized carbons (Fsp3) is 0.526. The molecule has 0 fully saturated rings. The van der Waals surface area contributed by atoms with Crippen LogP contribution < -0.4 is 0 Å². The lowest BCUT2D eigenvalue weighted by molar-refractivity contribution is -0.148. The number of hydrogen-bond donors (Lipinski definition) is 0. The van der Waals surface area contributed by atoms with Crippen LogP contribution in [0, 0.1) is 9.49 Å². The van der Waals surface area contributed by atoms with Gasteiger partial charge in [-0.15, -0.1) is 5.10 Å². The number of sulfonamides is 1. The highest BCUT2D eigenvalue weighted by Gasteiger charge is 2.44. The number of aromatic nitrogens is 3. The quantitative estimate of drug-likeness (QED) is 0.306. The number of fused-ring (bicyclic) bond motifs is 1. The summed E-state index contributed by atoms with van der Waals surface area (Å²) in [4.78, 5) is 12.8. The Kier molecular flexibility index (Phi) is 7.04. The van der Waals surface area contributed by atoms with Crippen LogP contribution in [0.1, 0.15) is 17.3 Å². The van der Waals surface area contributed by atoms with E-state index in [-0.39, 0.29) is 18.8 Å². The maximum absolute atomic E-state index is 13.6. The van der Waals surface area contributed by atoms with Gasteiger partial charge in [0.1, 0.15) is 0 Å². The Morgan fingerprint density at radius 3 is 2.63 bits per heavy atom. The van der Waals surface area contributed by atoms with E-state index in [0.29, 0.717) is 11.7 Å². The van der Waals surface area contributed by atoms with Gasteiger partial charge in [0.05, 0.1) is 49.8 Å². The van der Waals surface area contributed by atoms with Crippen molar-refractivity contribution in [1.82, 2.24) is 19.3 Å². The first-order chi connectivity index (χ1) is 14.0. The molecule has 0 bridgehead atoms. The van der Waals surface area contributed by atoms with Crippen LogP contribution in [0.2, 0.25) is 25.7 Å². The molecule has 0 N–H and O–H groups in total. The Bertz CT molecular complexity index is 1020. The summed E-state index contributed by atoms with van der Waals surface area (Å²) in [5.74, 6) is -1.15. The lowest BCUT2D eigenvalue weighted by Crippen LogP contribution is -2.42. The minimum Gasteiger partial charge on any atom is -0.469 e. The van der Waals surface area contributed by atoms with Crippen molar-refractivity contribution in [1.29, 1.82) is 0 Å². The third-order valence-electron chi connectivity index (χ3n) is 5.27. The molecule has 1 aliphatic heterocycles. The highest BCUT2D eigenvalue weighted by atomic mass is 127. The average Bonchev–Trinajstić information content (AvgIpc) is 3.05. The molecule has 2 aromatic rings. The summed E-state index contributed by atoms with van der Waals surface area (Å²) < 4.78 is 36.3. The van der Waals surface area contributed by atoms with E-state index in [1.54, 1.807) is 10.9 Å². The summed E-state index contributed by atoms with van der Waals surface area (Å²) in [7, 11) is -3.92. The molecule has 30 heavy (non-hydrogen) atoms. The van der Waals surface area contributed by atoms with E-state index < -0.39 is 36.0 Å². The SMILES string of the molecule is COC(=O)[C@@H]1Cn2nncc2CN(S(=O)(=O)CC[Si](C)(C)C)[C@H]1c1ccccc1I. The van der Waals surface area contributed by atoms with Gasteiger partial charge in [-0.25, -0.2) is 13.1 Å². The fourth-order valence-corrected chi connectivity index (χ4v) is 8.92. The van der Waals surface area contributed by atoms with Gasteiger partial charge in [-0.1, -0.05) is 43.1 Å². The molecule has 1 aromatic heterocycles. The average molecular weight is 563 g/mol. The van der Waals surface area contributed by atoms with Gasteiger partial charge in [-0.2, -0.15) is 4.31 Å². The van der Waals surface area contributed by atoms with Crippen LogP contribution in [0.3, 0.4) is 0 Å². The minimum atomic E-state index is -3.66. The number of nitrogens with zero attached hydrogens (tertiary/aromatic N) is 4. The second-order valence-electron chi connectivity index (χ2n) is 8.68. The smallest absolute Gasteiger partial charge is 0.312 e. The van der Waals surface area contributed by atoms with Crippen molar-refractivity contribution in [2.45, 2.75) is 44.8 Å². The van der Waals surface area contributed by atoms with Crippen molar-refractivity contribution in [3.05, 3.63) is 45.3 Å². The Balaban J connectivity index is 2.15. The van der Waals surface area contributed by atoms with E-state index in [4.69, 9.17) is 4.74 Å². The Labute approximate surface area is 192 Å². The predicted octanol–water partition coefficient (Wildman–Crippen LogP) is 2.90. The van der Waals surface area contributed by atoms with E-state index in [9.17, 15) is 13.2 Å². The Morgan fingerprint density at radius 2 is 2.00 bits per heavy atom. The van der Waals surface area contributed by atoms with E-state index >= 15 is 0 Å². The molecule has 3 rings (SSSR count). The first kappa shape index (κ1) is 23.4. The molecule has 2 heterocycles. The monoisotopic (exact) mass is 562 g/mol. The molecule has 0 amide bonds. The van der Waals surface area contributed by atoms with Gasteiger partial charge in [0.25, 0.3) is 0 Å². The number of halogens is 1. The lowest BCUT2D eigenvalue weighted by Gasteiger charge is -2.34. The number of methoxy groups -OCH3 is 1. The van der Waals surface area contributed by atoms with Crippen LogP contribution in [-0.2, 0) is 32.6 Å². The highest BCUT2D eigenvalue weighted by Crippen LogP contribution is 2.39. The third kappa shape index (κ3) is 5.11. The van der Waals surface area contributed by atoms with Crippen LogP contribution in [-0.4, -0.2) is 54.6 Å². The van der Waals surface area contributed by atoms with Gasteiger partial charge < -0.3 is 4.74 Å². The molecular weight excluding hydrogens is 535 g/mol. The van der Waals surface area contributed by atoms with Gasteiger partial charge in [-0.05, 0) is 40.3 Å². The van der Waals surface area contributed by atoms with Gasteiger partial charge in [0.2, 0.25) is 10.0 Å². The fourth-order valence-electron chi connectivity index (χ4n) is 3.57. The van der Waals surface area contributed by atoms with E-state index in [2.05, 4.69) is 52.5 Å². The molecule has 1 aromatic carbocycles. The van der Waals surface area contributed by atoms with Gasteiger partial charge in [0, 0.05) is 11.6 Å². The number of benzene rings is 1. The van der Waals surface area contributed by atoms with Crippen molar-refractivity contribution >= 4 is 46.7 Å². The molecule has 0 radical (unpaired) electrons. The second kappa shape index (κ2) is 9.05. The molecular formula is C19H27IN4O4SSi. The summed E-state index contributed by atoms with van der Waals surface area (Å²) in [5.41, 5.74) is 1.46. The number of carbonyl (C=O) groups is 1. The summed E-state index contributed by atoms with van der Waals surface area (Å²) in [6.07, 6.45) is 1.56. The standard InChI is InChI=1S/C19H27IN4O4SSi/c1-28-19(25)16-13-23-14(11-21-22-23)12-24(29(26,27)9-10-30(2,3)4)18(16)15-7-5-6-8-17(15)20/h5-8,11,16,18H,9-10,12-13H2,1-4H3/t16-,18+/m1/s1. The van der Waals surface area contributed by atoms with Gasteiger partial charge in [-0.3, -0.25) is 4.79 Å². The number of carbonyl (C=O) groups excluding carboxylic acids is 1.